The van der Waals surface area contributed by atoms with Crippen molar-refractivity contribution in [2.45, 2.75) is 44.6 Å². The number of piperidine rings is 2. The first-order chi connectivity index (χ1) is 9.34. The summed E-state index contributed by atoms with van der Waals surface area (Å²) in [5.41, 5.74) is 1.90. The second kappa shape index (κ2) is 5.91. The van der Waals surface area contributed by atoms with Gasteiger partial charge in [-0.25, -0.2) is 4.39 Å². The van der Waals surface area contributed by atoms with Crippen molar-refractivity contribution in [3.63, 3.8) is 0 Å². The Kier molecular flexibility index (Phi) is 4.02. The van der Waals surface area contributed by atoms with Gasteiger partial charge in [-0.1, -0.05) is 12.5 Å². The normalized spacial score (nSPS) is 24.5. The molecule has 2 aliphatic rings. The molecule has 2 fully saturated rings. The van der Waals surface area contributed by atoms with Gasteiger partial charge in [0.15, 0.2) is 0 Å². The number of hydrogen-bond acceptors (Lipinski definition) is 2. The van der Waals surface area contributed by atoms with Crippen molar-refractivity contribution in [1.82, 2.24) is 5.32 Å². The third-order valence-corrected chi connectivity index (χ3v) is 4.38. The summed E-state index contributed by atoms with van der Waals surface area (Å²) in [6, 6.07) is 6.17. The van der Waals surface area contributed by atoms with E-state index in [1.54, 1.807) is 6.07 Å². The van der Waals surface area contributed by atoms with Gasteiger partial charge in [-0.15, -0.1) is 0 Å². The highest BCUT2D eigenvalue weighted by Gasteiger charge is 2.19. The summed E-state index contributed by atoms with van der Waals surface area (Å²) in [5.74, 6) is -0.0493. The molecule has 3 heteroatoms. The number of nitrogens with one attached hydrogen (secondary N) is 1. The van der Waals surface area contributed by atoms with E-state index in [-0.39, 0.29) is 5.82 Å². The molecular formula is C16H23FN2. The van der Waals surface area contributed by atoms with E-state index in [4.69, 9.17) is 0 Å². The van der Waals surface area contributed by atoms with E-state index < -0.39 is 0 Å². The number of rotatable bonds is 2. The Bertz CT molecular complexity index is 421. The van der Waals surface area contributed by atoms with Crippen LogP contribution < -0.4 is 10.2 Å². The summed E-state index contributed by atoms with van der Waals surface area (Å²) in [7, 11) is 0. The first-order valence-electron chi connectivity index (χ1n) is 7.62. The zero-order valence-electron chi connectivity index (χ0n) is 11.5. The fourth-order valence-corrected chi connectivity index (χ4v) is 3.27. The molecule has 0 aliphatic carbocycles. The molecule has 0 bridgehead atoms. The number of benzene rings is 1. The molecule has 1 aromatic carbocycles. The summed E-state index contributed by atoms with van der Waals surface area (Å²) in [5, 5.41) is 3.48. The third kappa shape index (κ3) is 2.92. The number of anilines is 1. The molecule has 1 unspecified atom stereocenters. The van der Waals surface area contributed by atoms with Gasteiger partial charge in [-0.2, -0.15) is 0 Å². The SMILES string of the molecule is Fc1cc(C2CCCCN2)ccc1N1CCCCC1. The molecule has 2 aliphatic heterocycles. The van der Waals surface area contributed by atoms with Crippen LogP contribution in [0.4, 0.5) is 10.1 Å². The lowest BCUT2D eigenvalue weighted by atomic mass is 9.97. The van der Waals surface area contributed by atoms with Crippen molar-refractivity contribution in [2.75, 3.05) is 24.5 Å². The first-order valence-corrected chi connectivity index (χ1v) is 7.62. The van der Waals surface area contributed by atoms with Crippen LogP contribution in [0.2, 0.25) is 0 Å². The molecule has 1 N–H and O–H groups in total. The molecule has 0 radical (unpaired) electrons. The van der Waals surface area contributed by atoms with Crippen LogP contribution in [0.3, 0.4) is 0 Å². The van der Waals surface area contributed by atoms with Crippen molar-refractivity contribution in [3.05, 3.63) is 29.6 Å². The van der Waals surface area contributed by atoms with Crippen LogP contribution in [0.5, 0.6) is 0 Å². The van der Waals surface area contributed by atoms with E-state index in [9.17, 15) is 4.39 Å². The van der Waals surface area contributed by atoms with Gasteiger partial charge in [0.25, 0.3) is 0 Å². The molecule has 1 atom stereocenters. The first kappa shape index (κ1) is 12.9. The monoisotopic (exact) mass is 262 g/mol. The summed E-state index contributed by atoms with van der Waals surface area (Å²) in [6.45, 7) is 3.05. The minimum absolute atomic E-state index is 0.0493. The van der Waals surface area contributed by atoms with Crippen LogP contribution in [0.15, 0.2) is 18.2 Å². The van der Waals surface area contributed by atoms with Gasteiger partial charge in [-0.05, 0) is 56.3 Å². The van der Waals surface area contributed by atoms with Gasteiger partial charge in [0.2, 0.25) is 0 Å². The van der Waals surface area contributed by atoms with Crippen LogP contribution in [-0.4, -0.2) is 19.6 Å². The van der Waals surface area contributed by atoms with Crippen LogP contribution >= 0.6 is 0 Å². The average molecular weight is 262 g/mol. The third-order valence-electron chi connectivity index (χ3n) is 4.38. The molecule has 2 nitrogen and oxygen atoms in total. The van der Waals surface area contributed by atoms with Crippen molar-refractivity contribution in [1.29, 1.82) is 0 Å². The molecule has 0 amide bonds. The van der Waals surface area contributed by atoms with Gasteiger partial charge in [-0.3, -0.25) is 0 Å². The van der Waals surface area contributed by atoms with Crippen molar-refractivity contribution in [3.8, 4) is 0 Å². The summed E-state index contributed by atoms with van der Waals surface area (Å²) in [4.78, 5) is 2.19. The van der Waals surface area contributed by atoms with Crippen molar-refractivity contribution < 1.29 is 4.39 Å². The molecule has 2 heterocycles. The fourth-order valence-electron chi connectivity index (χ4n) is 3.27. The zero-order chi connectivity index (χ0) is 13.1. The van der Waals surface area contributed by atoms with E-state index >= 15 is 0 Å². The number of halogens is 1. The Balaban J connectivity index is 1.76. The Hall–Kier alpha value is -1.09. The van der Waals surface area contributed by atoms with E-state index in [0.29, 0.717) is 6.04 Å². The second-order valence-electron chi connectivity index (χ2n) is 5.76. The standard InChI is InChI=1S/C16H23FN2/c17-14-12-13(15-6-2-3-9-18-15)7-8-16(14)19-10-4-1-5-11-19/h7-8,12,15,18H,1-6,9-11H2. The maximum Gasteiger partial charge on any atom is 0.146 e. The fraction of sp³-hybridized carbons (Fsp3) is 0.625. The largest absolute Gasteiger partial charge is 0.369 e. The molecule has 19 heavy (non-hydrogen) atoms. The van der Waals surface area contributed by atoms with Gasteiger partial charge in [0.05, 0.1) is 5.69 Å². The maximum atomic E-state index is 14.3. The maximum absolute atomic E-state index is 14.3. The molecule has 0 saturated carbocycles. The zero-order valence-corrected chi connectivity index (χ0v) is 11.5. The Morgan fingerprint density at radius 3 is 2.58 bits per heavy atom. The predicted molar refractivity (Wildman–Crippen MR) is 77.1 cm³/mol. The Morgan fingerprint density at radius 2 is 1.89 bits per heavy atom. The number of hydrogen-bond donors (Lipinski definition) is 1. The average Bonchev–Trinajstić information content (AvgIpc) is 2.49. The van der Waals surface area contributed by atoms with Gasteiger partial charge >= 0.3 is 0 Å². The molecule has 104 valence electrons. The summed E-state index contributed by atoms with van der Waals surface area (Å²) < 4.78 is 14.3. The lowest BCUT2D eigenvalue weighted by Gasteiger charge is -2.30. The van der Waals surface area contributed by atoms with Crippen LogP contribution in [0.1, 0.15) is 50.1 Å². The molecular weight excluding hydrogens is 239 g/mol. The predicted octanol–water partition coefficient (Wildman–Crippen LogP) is 3.63. The molecule has 2 saturated heterocycles. The lowest BCUT2D eigenvalue weighted by Crippen LogP contribution is -2.30. The van der Waals surface area contributed by atoms with Gasteiger partial charge in [0, 0.05) is 19.1 Å². The van der Waals surface area contributed by atoms with E-state index in [1.165, 1.54) is 32.1 Å². The Morgan fingerprint density at radius 1 is 1.05 bits per heavy atom. The molecule has 0 spiro atoms. The minimum atomic E-state index is -0.0493. The van der Waals surface area contributed by atoms with Crippen molar-refractivity contribution >= 4 is 5.69 Å². The minimum Gasteiger partial charge on any atom is -0.369 e. The second-order valence-corrected chi connectivity index (χ2v) is 5.76. The highest BCUT2D eigenvalue weighted by atomic mass is 19.1. The quantitative estimate of drug-likeness (QED) is 0.875. The number of nitrogens with zero attached hydrogens (tertiary/aromatic N) is 1. The molecule has 0 aromatic heterocycles. The molecule has 1 aromatic rings. The highest BCUT2D eigenvalue weighted by Crippen LogP contribution is 2.28. The van der Waals surface area contributed by atoms with Crippen LogP contribution in [-0.2, 0) is 0 Å². The topological polar surface area (TPSA) is 15.3 Å². The van der Waals surface area contributed by atoms with Gasteiger partial charge < -0.3 is 10.2 Å². The lowest BCUT2D eigenvalue weighted by molar-refractivity contribution is 0.411. The smallest absolute Gasteiger partial charge is 0.146 e. The Labute approximate surface area is 115 Å². The molecule has 3 rings (SSSR count). The summed E-state index contributed by atoms with van der Waals surface area (Å²) in [6.07, 6.45) is 7.26. The van der Waals surface area contributed by atoms with Crippen molar-refractivity contribution in [2.24, 2.45) is 0 Å². The van der Waals surface area contributed by atoms with Gasteiger partial charge in [0.1, 0.15) is 5.82 Å². The van der Waals surface area contributed by atoms with E-state index in [1.807, 2.05) is 6.07 Å². The van der Waals surface area contributed by atoms with E-state index in [0.717, 1.165) is 37.3 Å². The summed E-state index contributed by atoms with van der Waals surface area (Å²) >= 11 is 0. The van der Waals surface area contributed by atoms with Crippen LogP contribution in [0.25, 0.3) is 0 Å². The highest BCUT2D eigenvalue weighted by molar-refractivity contribution is 5.50. The van der Waals surface area contributed by atoms with E-state index in [2.05, 4.69) is 16.3 Å². The van der Waals surface area contributed by atoms with Crippen LogP contribution in [0, 0.1) is 5.82 Å².